The van der Waals surface area contributed by atoms with E-state index in [0.717, 1.165) is 19.3 Å². The molecular weight excluding hydrogens is 352 g/mol. The third-order valence-corrected chi connectivity index (χ3v) is 5.12. The van der Waals surface area contributed by atoms with Crippen LogP contribution in [0.5, 0.6) is 0 Å². The highest BCUT2D eigenvalue weighted by Crippen LogP contribution is 2.18. The van der Waals surface area contributed by atoms with Gasteiger partial charge in [0.25, 0.3) is 15.9 Å². The van der Waals surface area contributed by atoms with Gasteiger partial charge < -0.3 is 0 Å². The molecule has 1 amide bonds. The summed E-state index contributed by atoms with van der Waals surface area (Å²) in [6.45, 7) is 4.18. The Hall–Kier alpha value is -2.38. The molecule has 0 radical (unpaired) electrons. The maximum atomic E-state index is 12.6. The second-order valence-electron chi connectivity index (χ2n) is 5.80. The van der Waals surface area contributed by atoms with Gasteiger partial charge in [-0.3, -0.25) is 14.4 Å². The fourth-order valence-electron chi connectivity index (χ4n) is 2.34. The summed E-state index contributed by atoms with van der Waals surface area (Å²) < 4.78 is 27.7. The molecule has 0 heterocycles. The van der Waals surface area contributed by atoms with E-state index < -0.39 is 15.9 Å². The quantitative estimate of drug-likeness (QED) is 0.656. The first-order valence-electron chi connectivity index (χ1n) is 8.60. The van der Waals surface area contributed by atoms with Gasteiger partial charge in [0.05, 0.1) is 11.5 Å². The van der Waals surface area contributed by atoms with E-state index >= 15 is 0 Å². The Kier molecular flexibility index (Phi) is 7.17. The zero-order valence-corrected chi connectivity index (χ0v) is 15.8. The highest BCUT2D eigenvalue weighted by Gasteiger charge is 2.16. The van der Waals surface area contributed by atoms with E-state index in [0.29, 0.717) is 12.3 Å². The predicted molar refractivity (Wildman–Crippen MR) is 101 cm³/mol. The Morgan fingerprint density at radius 1 is 1.08 bits per heavy atom. The average molecular weight is 376 g/mol. The SMILES string of the molecule is CCCCc1ccc(NS(=O)(=O)c2cccc(C(=O)NOCC)c2)cc1. The Morgan fingerprint density at radius 2 is 1.81 bits per heavy atom. The van der Waals surface area contributed by atoms with Gasteiger partial charge in [0.15, 0.2) is 0 Å². The summed E-state index contributed by atoms with van der Waals surface area (Å²) in [5.41, 5.74) is 4.10. The zero-order chi connectivity index (χ0) is 19.0. The van der Waals surface area contributed by atoms with Gasteiger partial charge >= 0.3 is 0 Å². The van der Waals surface area contributed by atoms with Crippen molar-refractivity contribution in [1.29, 1.82) is 0 Å². The van der Waals surface area contributed by atoms with Crippen LogP contribution in [-0.2, 0) is 21.3 Å². The lowest BCUT2D eigenvalue weighted by Crippen LogP contribution is -2.24. The summed E-state index contributed by atoms with van der Waals surface area (Å²) in [6, 6.07) is 13.1. The summed E-state index contributed by atoms with van der Waals surface area (Å²) in [5, 5.41) is 0. The number of unbranched alkanes of at least 4 members (excludes halogenated alkanes) is 1. The Labute approximate surface area is 154 Å². The predicted octanol–water partition coefficient (Wildman–Crippen LogP) is 3.51. The largest absolute Gasteiger partial charge is 0.280 e. The lowest BCUT2D eigenvalue weighted by Gasteiger charge is -2.10. The van der Waals surface area contributed by atoms with Crippen LogP contribution in [0.4, 0.5) is 5.69 Å². The molecule has 2 aromatic carbocycles. The smallest absolute Gasteiger partial charge is 0.274 e. The van der Waals surface area contributed by atoms with E-state index in [2.05, 4.69) is 17.1 Å². The van der Waals surface area contributed by atoms with Crippen molar-refractivity contribution in [1.82, 2.24) is 5.48 Å². The van der Waals surface area contributed by atoms with Crippen LogP contribution in [0.3, 0.4) is 0 Å². The van der Waals surface area contributed by atoms with Crippen LogP contribution in [-0.4, -0.2) is 20.9 Å². The molecule has 0 unspecified atom stereocenters. The molecule has 0 fully saturated rings. The van der Waals surface area contributed by atoms with Crippen LogP contribution in [0.1, 0.15) is 42.6 Å². The van der Waals surface area contributed by atoms with E-state index in [1.54, 1.807) is 19.1 Å². The minimum absolute atomic E-state index is 0.0108. The van der Waals surface area contributed by atoms with E-state index in [9.17, 15) is 13.2 Å². The standard InChI is InChI=1S/C19H24N2O4S/c1-3-5-7-15-10-12-17(13-11-15)21-26(23,24)18-9-6-8-16(14-18)19(22)20-25-4-2/h6,8-14,21H,3-5,7H2,1-2H3,(H,20,22). The van der Waals surface area contributed by atoms with Crippen molar-refractivity contribution >= 4 is 21.6 Å². The summed E-state index contributed by atoms with van der Waals surface area (Å²) in [4.78, 5) is 16.8. The molecule has 2 N–H and O–H groups in total. The first kappa shape index (κ1) is 19.9. The molecule has 7 heteroatoms. The number of aryl methyl sites for hydroxylation is 1. The lowest BCUT2D eigenvalue weighted by molar-refractivity contribution is 0.0364. The molecule has 2 aromatic rings. The molecule has 140 valence electrons. The Balaban J connectivity index is 2.13. The summed E-state index contributed by atoms with van der Waals surface area (Å²) >= 11 is 0. The highest BCUT2D eigenvalue weighted by atomic mass is 32.2. The highest BCUT2D eigenvalue weighted by molar-refractivity contribution is 7.92. The van der Waals surface area contributed by atoms with Crippen LogP contribution in [0.25, 0.3) is 0 Å². The third kappa shape index (κ3) is 5.57. The number of rotatable bonds is 9. The molecule has 2 rings (SSSR count). The zero-order valence-electron chi connectivity index (χ0n) is 15.0. The first-order chi connectivity index (χ1) is 12.5. The topological polar surface area (TPSA) is 84.5 Å². The summed E-state index contributed by atoms with van der Waals surface area (Å²) in [5.74, 6) is -0.496. The summed E-state index contributed by atoms with van der Waals surface area (Å²) in [6.07, 6.45) is 3.18. The van der Waals surface area contributed by atoms with Gasteiger partial charge in [-0.2, -0.15) is 0 Å². The number of carbonyl (C=O) groups excluding carboxylic acids is 1. The second kappa shape index (κ2) is 9.35. The summed E-state index contributed by atoms with van der Waals surface area (Å²) in [7, 11) is -3.79. The molecule has 0 bridgehead atoms. The van der Waals surface area contributed by atoms with Gasteiger partial charge in [0.2, 0.25) is 0 Å². The number of hydroxylamine groups is 1. The van der Waals surface area contributed by atoms with Crippen LogP contribution >= 0.6 is 0 Å². The van der Waals surface area contributed by atoms with Crippen molar-refractivity contribution in [2.45, 2.75) is 38.0 Å². The van der Waals surface area contributed by atoms with Crippen molar-refractivity contribution in [2.24, 2.45) is 0 Å². The molecule has 26 heavy (non-hydrogen) atoms. The van der Waals surface area contributed by atoms with Crippen LogP contribution in [0.15, 0.2) is 53.4 Å². The van der Waals surface area contributed by atoms with Crippen LogP contribution in [0, 0.1) is 0 Å². The van der Waals surface area contributed by atoms with Gasteiger partial charge in [0.1, 0.15) is 0 Å². The number of benzene rings is 2. The minimum atomic E-state index is -3.79. The average Bonchev–Trinajstić information content (AvgIpc) is 2.65. The number of sulfonamides is 1. The fourth-order valence-corrected chi connectivity index (χ4v) is 3.44. The normalized spacial score (nSPS) is 11.2. The number of hydrogen-bond donors (Lipinski definition) is 2. The van der Waals surface area contributed by atoms with Crippen LogP contribution < -0.4 is 10.2 Å². The maximum Gasteiger partial charge on any atom is 0.274 e. The molecule has 0 aliphatic rings. The number of hydrogen-bond acceptors (Lipinski definition) is 4. The molecule has 0 saturated heterocycles. The number of carbonyl (C=O) groups is 1. The number of amides is 1. The van der Waals surface area contributed by atoms with Gasteiger partial charge in [0, 0.05) is 11.3 Å². The molecule has 6 nitrogen and oxygen atoms in total. The monoisotopic (exact) mass is 376 g/mol. The molecule has 0 spiro atoms. The Bertz CT molecular complexity index is 833. The molecular formula is C19H24N2O4S. The van der Waals surface area contributed by atoms with Gasteiger partial charge in [-0.05, 0) is 55.7 Å². The molecule has 0 atom stereocenters. The van der Waals surface area contributed by atoms with Gasteiger partial charge in [-0.25, -0.2) is 13.9 Å². The second-order valence-corrected chi connectivity index (χ2v) is 7.48. The van der Waals surface area contributed by atoms with Gasteiger partial charge in [-0.1, -0.05) is 31.5 Å². The first-order valence-corrected chi connectivity index (χ1v) is 10.1. The van der Waals surface area contributed by atoms with Crippen molar-refractivity contribution in [3.8, 4) is 0 Å². The van der Waals surface area contributed by atoms with Crippen molar-refractivity contribution in [2.75, 3.05) is 11.3 Å². The maximum absolute atomic E-state index is 12.6. The number of anilines is 1. The lowest BCUT2D eigenvalue weighted by atomic mass is 10.1. The van der Waals surface area contributed by atoms with Crippen molar-refractivity contribution in [3.63, 3.8) is 0 Å². The molecule has 0 aliphatic carbocycles. The fraction of sp³-hybridized carbons (Fsp3) is 0.316. The minimum Gasteiger partial charge on any atom is -0.280 e. The van der Waals surface area contributed by atoms with Crippen molar-refractivity contribution < 1.29 is 18.0 Å². The van der Waals surface area contributed by atoms with Crippen LogP contribution in [0.2, 0.25) is 0 Å². The van der Waals surface area contributed by atoms with E-state index in [1.165, 1.54) is 29.8 Å². The van der Waals surface area contributed by atoms with E-state index in [1.807, 2.05) is 12.1 Å². The van der Waals surface area contributed by atoms with Gasteiger partial charge in [-0.15, -0.1) is 0 Å². The van der Waals surface area contributed by atoms with E-state index in [-0.39, 0.29) is 10.5 Å². The van der Waals surface area contributed by atoms with Crippen molar-refractivity contribution in [3.05, 3.63) is 59.7 Å². The third-order valence-electron chi connectivity index (χ3n) is 3.74. The molecule has 0 aliphatic heterocycles. The molecule has 0 aromatic heterocycles. The molecule has 0 saturated carbocycles. The Morgan fingerprint density at radius 3 is 2.46 bits per heavy atom. The number of nitrogens with one attached hydrogen (secondary N) is 2. The van der Waals surface area contributed by atoms with E-state index in [4.69, 9.17) is 4.84 Å².